The third-order valence-electron chi connectivity index (χ3n) is 3.70. The van der Waals surface area contributed by atoms with E-state index in [-0.39, 0.29) is 0 Å². The largest absolute Gasteiger partial charge is 0.399 e. The minimum Gasteiger partial charge on any atom is -0.399 e. The monoisotopic (exact) mass is 234 g/mol. The van der Waals surface area contributed by atoms with Crippen molar-refractivity contribution in [2.45, 2.75) is 40.2 Å². The van der Waals surface area contributed by atoms with Crippen LogP contribution < -0.4 is 5.73 Å². The number of nitrogens with two attached hydrogens (primary N) is 1. The minimum atomic E-state index is 0.316. The molecule has 17 heavy (non-hydrogen) atoms. The fourth-order valence-corrected chi connectivity index (χ4v) is 1.91. The molecule has 1 atom stereocenters. The highest BCUT2D eigenvalue weighted by atomic mass is 15.1. The lowest BCUT2D eigenvalue weighted by Crippen LogP contribution is -2.40. The van der Waals surface area contributed by atoms with Crippen LogP contribution in [-0.4, -0.2) is 24.5 Å². The van der Waals surface area contributed by atoms with Crippen LogP contribution >= 0.6 is 0 Å². The molecule has 0 spiro atoms. The summed E-state index contributed by atoms with van der Waals surface area (Å²) in [6.45, 7) is 10.2. The molecule has 1 aromatic carbocycles. The third-order valence-corrected chi connectivity index (χ3v) is 3.70. The predicted octanol–water partition coefficient (Wildman–Crippen LogP) is 3.18. The molecule has 0 aliphatic heterocycles. The normalized spacial score (nSPS) is 14.0. The first-order chi connectivity index (χ1) is 7.82. The Morgan fingerprint density at radius 1 is 1.24 bits per heavy atom. The van der Waals surface area contributed by atoms with Crippen molar-refractivity contribution < 1.29 is 0 Å². The molecule has 0 saturated heterocycles. The third kappa shape index (κ3) is 4.04. The highest BCUT2D eigenvalue weighted by Crippen LogP contribution is 2.23. The summed E-state index contributed by atoms with van der Waals surface area (Å²) in [6, 6.07) is 8.69. The number of nitrogens with zero attached hydrogens (tertiary/aromatic N) is 1. The topological polar surface area (TPSA) is 29.3 Å². The lowest BCUT2D eigenvalue weighted by atomic mass is 9.87. The van der Waals surface area contributed by atoms with Gasteiger partial charge in [-0.3, -0.25) is 0 Å². The molecule has 2 nitrogen and oxygen atoms in total. The molecule has 0 aromatic heterocycles. The molecule has 0 bridgehead atoms. The van der Waals surface area contributed by atoms with Crippen LogP contribution in [0.15, 0.2) is 24.3 Å². The summed E-state index contributed by atoms with van der Waals surface area (Å²) in [4.78, 5) is 2.41. The number of para-hydroxylation sites is 1. The molecule has 2 heteroatoms. The summed E-state index contributed by atoms with van der Waals surface area (Å²) in [5.41, 5.74) is 8.42. The van der Waals surface area contributed by atoms with Crippen molar-refractivity contribution in [1.82, 2.24) is 4.90 Å². The minimum absolute atomic E-state index is 0.316. The molecule has 0 fully saturated rings. The van der Waals surface area contributed by atoms with Crippen molar-refractivity contribution in [3.63, 3.8) is 0 Å². The number of rotatable bonds is 4. The van der Waals surface area contributed by atoms with E-state index in [9.17, 15) is 0 Å². The van der Waals surface area contributed by atoms with Crippen molar-refractivity contribution in [2.24, 2.45) is 5.41 Å². The average Bonchev–Trinajstić information content (AvgIpc) is 2.25. The summed E-state index contributed by atoms with van der Waals surface area (Å²) in [5.74, 6) is 0. The van der Waals surface area contributed by atoms with Gasteiger partial charge in [-0.25, -0.2) is 0 Å². The molecule has 0 aliphatic carbocycles. The summed E-state index contributed by atoms with van der Waals surface area (Å²) < 4.78 is 0. The zero-order valence-electron chi connectivity index (χ0n) is 11.8. The Morgan fingerprint density at radius 2 is 1.82 bits per heavy atom. The van der Waals surface area contributed by atoms with Crippen molar-refractivity contribution in [2.75, 3.05) is 19.3 Å². The van der Waals surface area contributed by atoms with Gasteiger partial charge >= 0.3 is 0 Å². The lowest BCUT2D eigenvalue weighted by Gasteiger charge is -2.35. The van der Waals surface area contributed by atoms with Gasteiger partial charge in [0, 0.05) is 18.3 Å². The Kier molecular flexibility index (Phi) is 4.58. The van der Waals surface area contributed by atoms with Gasteiger partial charge in [0.05, 0.1) is 0 Å². The molecule has 0 radical (unpaired) electrons. The first-order valence-corrected chi connectivity index (χ1v) is 6.36. The summed E-state index contributed by atoms with van der Waals surface area (Å²) in [7, 11) is 2.19. The predicted molar refractivity (Wildman–Crippen MR) is 76.1 cm³/mol. The van der Waals surface area contributed by atoms with Gasteiger partial charge in [-0.2, -0.15) is 0 Å². The molecule has 2 N–H and O–H groups in total. The Bertz CT molecular complexity index is 352. The Morgan fingerprint density at radius 3 is 2.35 bits per heavy atom. The van der Waals surface area contributed by atoms with E-state index in [0.717, 1.165) is 18.7 Å². The standard InChI is InChI=1S/C15H26N2/c1-12(15(2,3)4)17(5)11-10-13-8-6-7-9-14(13)16/h6-9,12H,10-11,16H2,1-5H3. The second kappa shape index (κ2) is 5.54. The Labute approximate surface area is 106 Å². The maximum Gasteiger partial charge on any atom is 0.0347 e. The van der Waals surface area contributed by atoms with E-state index < -0.39 is 0 Å². The summed E-state index contributed by atoms with van der Waals surface area (Å²) in [5, 5.41) is 0. The number of benzene rings is 1. The highest BCUT2D eigenvalue weighted by Gasteiger charge is 2.23. The first kappa shape index (κ1) is 14.0. The number of anilines is 1. The summed E-state index contributed by atoms with van der Waals surface area (Å²) in [6.07, 6.45) is 1.02. The first-order valence-electron chi connectivity index (χ1n) is 6.36. The van der Waals surface area contributed by atoms with Gasteiger partial charge in [0.1, 0.15) is 0 Å². The fraction of sp³-hybridized carbons (Fsp3) is 0.600. The van der Waals surface area contributed by atoms with Crippen LogP contribution in [0.3, 0.4) is 0 Å². The second-order valence-corrected chi connectivity index (χ2v) is 5.97. The molecule has 0 heterocycles. The number of likely N-dealkylation sites (N-methyl/N-ethyl adjacent to an activating group) is 1. The zero-order chi connectivity index (χ0) is 13.1. The zero-order valence-corrected chi connectivity index (χ0v) is 11.8. The SMILES string of the molecule is CC(N(C)CCc1ccccc1N)C(C)(C)C. The van der Waals surface area contributed by atoms with Gasteiger partial charge in [0.2, 0.25) is 0 Å². The molecule has 1 unspecified atom stereocenters. The summed E-state index contributed by atoms with van der Waals surface area (Å²) >= 11 is 0. The molecule has 96 valence electrons. The molecule has 0 amide bonds. The van der Waals surface area contributed by atoms with Crippen molar-refractivity contribution in [3.05, 3.63) is 29.8 Å². The van der Waals surface area contributed by atoms with Crippen LogP contribution in [-0.2, 0) is 6.42 Å². The Balaban J connectivity index is 2.54. The van der Waals surface area contributed by atoms with E-state index in [4.69, 9.17) is 5.73 Å². The van der Waals surface area contributed by atoms with Gasteiger partial charge in [0.25, 0.3) is 0 Å². The number of hydrogen-bond acceptors (Lipinski definition) is 2. The van der Waals surface area contributed by atoms with Crippen molar-refractivity contribution in [3.8, 4) is 0 Å². The van der Waals surface area contributed by atoms with E-state index in [1.807, 2.05) is 12.1 Å². The van der Waals surface area contributed by atoms with Crippen LogP contribution in [0.5, 0.6) is 0 Å². The lowest BCUT2D eigenvalue weighted by molar-refractivity contribution is 0.142. The van der Waals surface area contributed by atoms with E-state index in [1.165, 1.54) is 5.56 Å². The quantitative estimate of drug-likeness (QED) is 0.811. The molecule has 1 rings (SSSR count). The highest BCUT2D eigenvalue weighted by molar-refractivity contribution is 5.46. The van der Waals surface area contributed by atoms with Crippen LogP contribution in [0.1, 0.15) is 33.3 Å². The van der Waals surface area contributed by atoms with Crippen molar-refractivity contribution >= 4 is 5.69 Å². The van der Waals surface area contributed by atoms with Crippen molar-refractivity contribution in [1.29, 1.82) is 0 Å². The van der Waals surface area contributed by atoms with Gasteiger partial charge in [-0.05, 0) is 37.4 Å². The van der Waals surface area contributed by atoms with Gasteiger partial charge < -0.3 is 10.6 Å². The van der Waals surface area contributed by atoms with E-state index in [1.54, 1.807) is 0 Å². The number of nitrogen functional groups attached to an aromatic ring is 1. The van der Waals surface area contributed by atoms with Crippen LogP contribution in [0.25, 0.3) is 0 Å². The second-order valence-electron chi connectivity index (χ2n) is 5.97. The maximum absolute atomic E-state index is 5.95. The van der Waals surface area contributed by atoms with E-state index in [0.29, 0.717) is 11.5 Å². The van der Waals surface area contributed by atoms with Gasteiger partial charge in [0.15, 0.2) is 0 Å². The maximum atomic E-state index is 5.95. The van der Waals surface area contributed by atoms with E-state index in [2.05, 4.69) is 51.8 Å². The van der Waals surface area contributed by atoms with Gasteiger partial charge in [-0.15, -0.1) is 0 Å². The molecular formula is C15H26N2. The van der Waals surface area contributed by atoms with Crippen LogP contribution in [0, 0.1) is 5.41 Å². The van der Waals surface area contributed by atoms with Crippen LogP contribution in [0.2, 0.25) is 0 Å². The van der Waals surface area contributed by atoms with Gasteiger partial charge in [-0.1, -0.05) is 39.0 Å². The average molecular weight is 234 g/mol. The van der Waals surface area contributed by atoms with Crippen LogP contribution in [0.4, 0.5) is 5.69 Å². The molecular weight excluding hydrogens is 208 g/mol. The Hall–Kier alpha value is -1.02. The number of hydrogen-bond donors (Lipinski definition) is 1. The molecule has 0 aliphatic rings. The van der Waals surface area contributed by atoms with E-state index >= 15 is 0 Å². The molecule has 1 aromatic rings. The fourth-order valence-electron chi connectivity index (χ4n) is 1.91. The smallest absolute Gasteiger partial charge is 0.0347 e. The molecule has 0 saturated carbocycles.